The minimum atomic E-state index is 0.659. The zero-order chi connectivity index (χ0) is 15.8. The lowest BCUT2D eigenvalue weighted by molar-refractivity contribution is 0.304. The molecule has 0 unspecified atom stereocenters. The first-order chi connectivity index (χ1) is 9.95. The number of hydrogen-bond acceptors (Lipinski definition) is 3. The molecule has 2 N–H and O–H groups in total. The van der Waals surface area contributed by atoms with Crippen LogP contribution in [-0.4, -0.2) is 18.1 Å². The van der Waals surface area contributed by atoms with Gasteiger partial charge in [0.2, 0.25) is 0 Å². The van der Waals surface area contributed by atoms with Gasteiger partial charge in [-0.3, -0.25) is 0 Å². The summed E-state index contributed by atoms with van der Waals surface area (Å²) in [6.45, 7) is 14.2. The van der Waals surface area contributed by atoms with Crippen LogP contribution in [0.1, 0.15) is 46.6 Å². The molecule has 0 aliphatic heterocycles. The third-order valence-electron chi connectivity index (χ3n) is 3.89. The van der Waals surface area contributed by atoms with Gasteiger partial charge in [-0.15, -0.1) is 0 Å². The predicted octanol–water partition coefficient (Wildman–Crippen LogP) is 4.68. The Bertz CT molecular complexity index is 410. The van der Waals surface area contributed by atoms with Crippen LogP contribution in [0, 0.1) is 17.8 Å². The largest absolute Gasteiger partial charge is 0.370 e. The maximum atomic E-state index is 4.55. The molecule has 1 aromatic rings. The number of rotatable bonds is 9. The molecule has 1 rings (SSSR count). The summed E-state index contributed by atoms with van der Waals surface area (Å²) in [4.78, 5) is 4.55. The van der Waals surface area contributed by atoms with Gasteiger partial charge in [-0.05, 0) is 52.7 Å². The van der Waals surface area contributed by atoms with Gasteiger partial charge in [0.1, 0.15) is 5.82 Å². The quantitative estimate of drug-likeness (QED) is 0.631. The van der Waals surface area contributed by atoms with Gasteiger partial charge in [0.05, 0.1) is 0 Å². The Morgan fingerprint density at radius 3 is 2.43 bits per heavy atom. The van der Waals surface area contributed by atoms with E-state index in [0.717, 1.165) is 36.3 Å². The molecule has 1 heterocycles. The Balaban J connectivity index is 2.72. The molecule has 21 heavy (non-hydrogen) atoms. The summed E-state index contributed by atoms with van der Waals surface area (Å²) in [7, 11) is 0. The molecule has 0 aliphatic rings. The average Bonchev–Trinajstić information content (AvgIpc) is 2.40. The van der Waals surface area contributed by atoms with Gasteiger partial charge >= 0.3 is 0 Å². The maximum absolute atomic E-state index is 4.55. The van der Waals surface area contributed by atoms with E-state index in [1.54, 1.807) is 0 Å². The normalized spacial score (nSPS) is 11.7. The minimum Gasteiger partial charge on any atom is -0.370 e. The predicted molar refractivity (Wildman–Crippen MR) is 95.6 cm³/mol. The number of hydrogen-bond donors (Lipinski definition) is 2. The number of aromatic nitrogens is 1. The van der Waals surface area contributed by atoms with E-state index in [1.165, 1.54) is 5.56 Å². The molecule has 0 saturated carbocycles. The van der Waals surface area contributed by atoms with Crippen molar-refractivity contribution in [2.45, 2.75) is 47.6 Å². The van der Waals surface area contributed by atoms with E-state index in [-0.39, 0.29) is 0 Å². The number of anilines is 1. The Morgan fingerprint density at radius 2 is 1.86 bits per heavy atom. The van der Waals surface area contributed by atoms with Crippen molar-refractivity contribution in [2.24, 2.45) is 17.8 Å². The van der Waals surface area contributed by atoms with Crippen molar-refractivity contribution < 1.29 is 0 Å². The summed E-state index contributed by atoms with van der Waals surface area (Å²) >= 11 is 3.51. The van der Waals surface area contributed by atoms with Crippen molar-refractivity contribution in [2.75, 3.05) is 18.4 Å². The number of nitrogens with zero attached hydrogens (tertiary/aromatic N) is 1. The van der Waals surface area contributed by atoms with Gasteiger partial charge in [0, 0.05) is 29.3 Å². The number of halogens is 1. The van der Waals surface area contributed by atoms with Crippen molar-refractivity contribution in [3.8, 4) is 0 Å². The Hall–Kier alpha value is -0.610. The Kier molecular flexibility index (Phi) is 8.27. The third kappa shape index (κ3) is 6.35. The summed E-state index contributed by atoms with van der Waals surface area (Å²) in [6.07, 6.45) is 3.01. The zero-order valence-corrected chi connectivity index (χ0v) is 15.6. The van der Waals surface area contributed by atoms with E-state index in [2.05, 4.69) is 72.2 Å². The van der Waals surface area contributed by atoms with E-state index in [9.17, 15) is 0 Å². The van der Waals surface area contributed by atoms with Gasteiger partial charge in [-0.1, -0.05) is 34.6 Å². The van der Waals surface area contributed by atoms with Crippen LogP contribution in [0.2, 0.25) is 0 Å². The van der Waals surface area contributed by atoms with Crippen LogP contribution in [-0.2, 0) is 6.54 Å². The summed E-state index contributed by atoms with van der Waals surface area (Å²) in [6, 6.07) is 2.15. The van der Waals surface area contributed by atoms with E-state index in [4.69, 9.17) is 0 Å². The van der Waals surface area contributed by atoms with Crippen molar-refractivity contribution in [1.82, 2.24) is 10.3 Å². The van der Waals surface area contributed by atoms with Gasteiger partial charge in [-0.2, -0.15) is 0 Å². The van der Waals surface area contributed by atoms with Gasteiger partial charge in [0.25, 0.3) is 0 Å². The molecule has 0 spiro atoms. The molecule has 0 aliphatic carbocycles. The summed E-state index contributed by atoms with van der Waals surface area (Å²) in [5.41, 5.74) is 1.23. The molecular weight excluding hydrogens is 326 g/mol. The zero-order valence-electron chi connectivity index (χ0n) is 14.0. The second kappa shape index (κ2) is 9.42. The lowest BCUT2D eigenvalue weighted by atomic mass is 9.85. The summed E-state index contributed by atoms with van der Waals surface area (Å²) in [5.74, 6) is 3.02. The van der Waals surface area contributed by atoms with Gasteiger partial charge in [-0.25, -0.2) is 4.98 Å². The van der Waals surface area contributed by atoms with Crippen LogP contribution in [0.25, 0.3) is 0 Å². The fraction of sp³-hybridized carbons (Fsp3) is 0.706. The van der Waals surface area contributed by atoms with E-state index in [0.29, 0.717) is 17.8 Å². The maximum Gasteiger partial charge on any atom is 0.130 e. The molecule has 3 nitrogen and oxygen atoms in total. The van der Waals surface area contributed by atoms with Crippen molar-refractivity contribution in [1.29, 1.82) is 0 Å². The fourth-order valence-electron chi connectivity index (χ4n) is 2.63. The molecule has 120 valence electrons. The van der Waals surface area contributed by atoms with E-state index in [1.807, 2.05) is 6.20 Å². The second-order valence-electron chi connectivity index (χ2n) is 6.37. The molecule has 0 saturated heterocycles. The first-order valence-corrected chi connectivity index (χ1v) is 8.84. The average molecular weight is 356 g/mol. The molecule has 0 amide bonds. The first-order valence-electron chi connectivity index (χ1n) is 8.04. The molecule has 1 aromatic heterocycles. The number of nitrogens with one attached hydrogen (secondary N) is 2. The Labute approximate surface area is 138 Å². The van der Waals surface area contributed by atoms with Gasteiger partial charge < -0.3 is 10.6 Å². The molecular formula is C17H30BrN3. The van der Waals surface area contributed by atoms with Crippen LogP contribution in [0.4, 0.5) is 5.82 Å². The molecule has 4 heteroatoms. The number of pyridine rings is 1. The highest BCUT2D eigenvalue weighted by Gasteiger charge is 2.18. The first kappa shape index (κ1) is 18.4. The van der Waals surface area contributed by atoms with Gasteiger partial charge in [0.15, 0.2) is 0 Å². The van der Waals surface area contributed by atoms with Crippen LogP contribution < -0.4 is 10.6 Å². The van der Waals surface area contributed by atoms with Crippen LogP contribution in [0.3, 0.4) is 0 Å². The minimum absolute atomic E-state index is 0.659. The smallest absolute Gasteiger partial charge is 0.130 e. The van der Waals surface area contributed by atoms with Crippen molar-refractivity contribution in [3.05, 3.63) is 22.3 Å². The standard InChI is InChI=1S/C17H30BrN3/c1-6-7-19-9-14-8-15(18)10-20-17(14)21-11-16(12(2)3)13(4)5/h8,10,12-13,16,19H,6-7,9,11H2,1-5H3,(H,20,21). The molecule has 0 fully saturated rings. The molecule has 0 atom stereocenters. The summed E-state index contributed by atoms with van der Waals surface area (Å²) < 4.78 is 1.03. The van der Waals surface area contributed by atoms with Crippen molar-refractivity contribution >= 4 is 21.7 Å². The second-order valence-corrected chi connectivity index (χ2v) is 7.29. The molecule has 0 aromatic carbocycles. The highest BCUT2D eigenvalue weighted by atomic mass is 79.9. The van der Waals surface area contributed by atoms with Crippen molar-refractivity contribution in [3.63, 3.8) is 0 Å². The fourth-order valence-corrected chi connectivity index (χ4v) is 3.01. The highest BCUT2D eigenvalue weighted by molar-refractivity contribution is 9.10. The Morgan fingerprint density at radius 1 is 1.19 bits per heavy atom. The van der Waals surface area contributed by atoms with Crippen LogP contribution >= 0.6 is 15.9 Å². The summed E-state index contributed by atoms with van der Waals surface area (Å²) in [5, 5.41) is 7.01. The topological polar surface area (TPSA) is 37.0 Å². The lowest BCUT2D eigenvalue weighted by Gasteiger charge is -2.26. The molecule has 0 bridgehead atoms. The lowest BCUT2D eigenvalue weighted by Crippen LogP contribution is -2.25. The SMILES string of the molecule is CCCNCc1cc(Br)cnc1NCC(C(C)C)C(C)C. The van der Waals surface area contributed by atoms with Crippen LogP contribution in [0.15, 0.2) is 16.7 Å². The van der Waals surface area contributed by atoms with E-state index < -0.39 is 0 Å². The highest BCUT2D eigenvalue weighted by Crippen LogP contribution is 2.23. The van der Waals surface area contributed by atoms with Crippen LogP contribution in [0.5, 0.6) is 0 Å². The van der Waals surface area contributed by atoms with E-state index >= 15 is 0 Å². The monoisotopic (exact) mass is 355 g/mol. The third-order valence-corrected chi connectivity index (χ3v) is 4.33. The molecule has 0 radical (unpaired) electrons.